The van der Waals surface area contributed by atoms with Gasteiger partial charge in [-0.3, -0.25) is 0 Å². The fourth-order valence-electron chi connectivity index (χ4n) is 0. The lowest BCUT2D eigenvalue weighted by Gasteiger charge is -2.03. The van der Waals surface area contributed by atoms with Crippen molar-refractivity contribution in [1.29, 1.82) is 0 Å². The lowest BCUT2D eigenvalue weighted by molar-refractivity contribution is 1.46. The van der Waals surface area contributed by atoms with Crippen molar-refractivity contribution >= 4 is 63.7 Å². The quantitative estimate of drug-likeness (QED) is 0.575. The van der Waals surface area contributed by atoms with E-state index in [1.807, 2.05) is 0 Å². The molecule has 0 spiro atoms. The van der Waals surface area contributed by atoms with Gasteiger partial charge in [0.15, 0.2) is 0 Å². The summed E-state index contributed by atoms with van der Waals surface area (Å²) < 4.78 is -0.104. The highest BCUT2D eigenvalue weighted by Gasteiger charge is 2.13. The minimum absolute atomic E-state index is 0. The molecule has 4 heteroatoms. The molecular formula is C3H6Br4. The standard InChI is InChI=1S/C2H2Br4.CH4/c3-1-2(4,5)6;/h1H2;1H4. The first-order valence-corrected chi connectivity index (χ1v) is 4.69. The summed E-state index contributed by atoms with van der Waals surface area (Å²) in [5.74, 6) is 0. The zero-order chi connectivity index (χ0) is 5.21. The summed E-state index contributed by atoms with van der Waals surface area (Å²) >= 11 is 13.0. The average molecular weight is 362 g/mol. The van der Waals surface area contributed by atoms with Gasteiger partial charge in [0.25, 0.3) is 0 Å². The van der Waals surface area contributed by atoms with E-state index in [4.69, 9.17) is 0 Å². The third-order valence-electron chi connectivity index (χ3n) is 0.152. The minimum Gasteiger partial charge on any atom is -0.0894 e. The smallest absolute Gasteiger partial charge is 0.0894 e. The first kappa shape index (κ1) is 11.7. The van der Waals surface area contributed by atoms with E-state index in [1.165, 1.54) is 0 Å². The molecule has 0 saturated heterocycles. The summed E-state index contributed by atoms with van der Waals surface area (Å²) in [6.07, 6.45) is 0. The molecule has 7 heavy (non-hydrogen) atoms. The summed E-state index contributed by atoms with van der Waals surface area (Å²) in [6.45, 7) is 0. The van der Waals surface area contributed by atoms with Gasteiger partial charge in [-0.1, -0.05) is 71.1 Å². The summed E-state index contributed by atoms with van der Waals surface area (Å²) in [4.78, 5) is 0. The first-order chi connectivity index (χ1) is 2.56. The Morgan fingerprint density at radius 3 is 1.29 bits per heavy atom. The van der Waals surface area contributed by atoms with Crippen molar-refractivity contribution in [3.63, 3.8) is 0 Å². The van der Waals surface area contributed by atoms with Gasteiger partial charge >= 0.3 is 0 Å². The van der Waals surface area contributed by atoms with Gasteiger partial charge in [0.1, 0.15) is 2.14 Å². The van der Waals surface area contributed by atoms with Crippen LogP contribution >= 0.6 is 63.7 Å². The van der Waals surface area contributed by atoms with Crippen molar-refractivity contribution in [3.05, 3.63) is 0 Å². The molecule has 0 aromatic rings. The molecule has 46 valence electrons. The molecule has 0 unspecified atom stereocenters. The third-order valence-corrected chi connectivity index (χ3v) is 4.09. The minimum atomic E-state index is -0.104. The Kier molecular flexibility index (Phi) is 7.96. The van der Waals surface area contributed by atoms with Gasteiger partial charge in [-0.25, -0.2) is 0 Å². The fourth-order valence-corrected chi connectivity index (χ4v) is 0. The molecule has 0 bridgehead atoms. The van der Waals surface area contributed by atoms with E-state index in [2.05, 4.69) is 63.7 Å². The monoisotopic (exact) mass is 358 g/mol. The Morgan fingerprint density at radius 2 is 1.29 bits per heavy atom. The molecule has 0 amide bonds. The van der Waals surface area contributed by atoms with Crippen LogP contribution in [0.1, 0.15) is 7.43 Å². The maximum Gasteiger partial charge on any atom is 0.144 e. The van der Waals surface area contributed by atoms with Crippen LogP contribution < -0.4 is 0 Å². The molecule has 0 nitrogen and oxygen atoms in total. The third kappa shape index (κ3) is 11.5. The Balaban J connectivity index is 0. The van der Waals surface area contributed by atoms with E-state index < -0.39 is 0 Å². The Morgan fingerprint density at radius 1 is 1.14 bits per heavy atom. The van der Waals surface area contributed by atoms with Crippen LogP contribution in [-0.4, -0.2) is 7.47 Å². The molecular weight excluding hydrogens is 356 g/mol. The van der Waals surface area contributed by atoms with E-state index in [1.54, 1.807) is 0 Å². The average Bonchev–Trinajstić information content (AvgIpc) is 1.35. The van der Waals surface area contributed by atoms with E-state index in [-0.39, 0.29) is 9.57 Å². The molecule has 0 aliphatic heterocycles. The molecule has 0 aliphatic rings. The van der Waals surface area contributed by atoms with Crippen LogP contribution in [0.2, 0.25) is 0 Å². The number of hydrogen-bond donors (Lipinski definition) is 0. The second-order valence-electron chi connectivity index (χ2n) is 0.749. The fraction of sp³-hybridized carbons (Fsp3) is 1.00. The van der Waals surface area contributed by atoms with Crippen molar-refractivity contribution in [2.45, 2.75) is 9.57 Å². The van der Waals surface area contributed by atoms with Gasteiger partial charge in [0.2, 0.25) is 0 Å². The van der Waals surface area contributed by atoms with Crippen LogP contribution in [-0.2, 0) is 0 Å². The molecule has 0 aromatic carbocycles. The van der Waals surface area contributed by atoms with Crippen molar-refractivity contribution < 1.29 is 0 Å². The number of hydrogen-bond acceptors (Lipinski definition) is 0. The van der Waals surface area contributed by atoms with Gasteiger partial charge < -0.3 is 0 Å². The second kappa shape index (κ2) is 4.77. The van der Waals surface area contributed by atoms with Crippen LogP contribution in [0.5, 0.6) is 0 Å². The van der Waals surface area contributed by atoms with Crippen molar-refractivity contribution in [2.75, 3.05) is 5.33 Å². The molecule has 0 saturated carbocycles. The molecule has 0 heterocycles. The van der Waals surface area contributed by atoms with Gasteiger partial charge in [0, 0.05) is 5.33 Å². The van der Waals surface area contributed by atoms with Crippen molar-refractivity contribution in [3.8, 4) is 0 Å². The number of rotatable bonds is 0. The normalized spacial score (nSPS) is 10.3. The zero-order valence-corrected chi connectivity index (χ0v) is 9.06. The molecule has 0 aliphatic carbocycles. The molecule has 0 fully saturated rings. The van der Waals surface area contributed by atoms with Crippen molar-refractivity contribution in [2.24, 2.45) is 0 Å². The molecule has 0 aromatic heterocycles. The summed E-state index contributed by atoms with van der Waals surface area (Å²) in [5, 5.41) is 0.833. The highest BCUT2D eigenvalue weighted by atomic mass is 80.0. The largest absolute Gasteiger partial charge is 0.144 e. The Hall–Kier alpha value is 1.92. The highest BCUT2D eigenvalue weighted by molar-refractivity contribution is 9.40. The summed E-state index contributed by atoms with van der Waals surface area (Å²) in [7, 11) is 0. The van der Waals surface area contributed by atoms with E-state index >= 15 is 0 Å². The Labute approximate surface area is 77.9 Å². The van der Waals surface area contributed by atoms with Crippen LogP contribution in [0.15, 0.2) is 0 Å². The maximum absolute atomic E-state index is 3.26. The van der Waals surface area contributed by atoms with Crippen LogP contribution in [0.4, 0.5) is 0 Å². The zero-order valence-electron chi connectivity index (χ0n) is 2.72. The predicted octanol–water partition coefficient (Wildman–Crippen LogP) is 3.86. The lowest BCUT2D eigenvalue weighted by atomic mass is 11.0. The number of halogens is 4. The summed E-state index contributed by atoms with van der Waals surface area (Å²) in [6, 6.07) is 0. The summed E-state index contributed by atoms with van der Waals surface area (Å²) in [5.41, 5.74) is 0. The van der Waals surface area contributed by atoms with Crippen LogP contribution in [0, 0.1) is 0 Å². The van der Waals surface area contributed by atoms with Gasteiger partial charge in [-0.05, 0) is 0 Å². The number of alkyl halides is 4. The highest BCUT2D eigenvalue weighted by Crippen LogP contribution is 2.34. The van der Waals surface area contributed by atoms with E-state index in [0.717, 1.165) is 5.33 Å². The van der Waals surface area contributed by atoms with E-state index in [9.17, 15) is 0 Å². The first-order valence-electron chi connectivity index (χ1n) is 1.19. The molecule has 0 atom stereocenters. The SMILES string of the molecule is BrCC(Br)(Br)Br.C. The molecule has 0 radical (unpaired) electrons. The van der Waals surface area contributed by atoms with Gasteiger partial charge in [0.05, 0.1) is 0 Å². The van der Waals surface area contributed by atoms with Crippen LogP contribution in [0.3, 0.4) is 0 Å². The van der Waals surface area contributed by atoms with Crippen LogP contribution in [0.25, 0.3) is 0 Å². The Bertz CT molecular complexity index is 36.7. The lowest BCUT2D eigenvalue weighted by Crippen LogP contribution is -1.97. The second-order valence-corrected chi connectivity index (χ2v) is 8.56. The maximum atomic E-state index is 3.26. The topological polar surface area (TPSA) is 0 Å². The molecule has 0 rings (SSSR count). The predicted molar refractivity (Wildman–Crippen MR) is 50.0 cm³/mol. The van der Waals surface area contributed by atoms with Gasteiger partial charge in [-0.15, -0.1) is 0 Å². The van der Waals surface area contributed by atoms with Crippen molar-refractivity contribution in [1.82, 2.24) is 0 Å². The van der Waals surface area contributed by atoms with E-state index in [0.29, 0.717) is 0 Å². The van der Waals surface area contributed by atoms with Gasteiger partial charge in [-0.2, -0.15) is 0 Å². The molecule has 0 N–H and O–H groups in total.